The zero-order valence-electron chi connectivity index (χ0n) is 18.1. The van der Waals surface area contributed by atoms with Crippen molar-refractivity contribution >= 4 is 6.16 Å². The summed E-state index contributed by atoms with van der Waals surface area (Å²) in [6.07, 6.45) is 6.97. The van der Waals surface area contributed by atoms with Crippen LogP contribution in [0.1, 0.15) is 70.8 Å². The smallest absolute Gasteiger partial charge is 0.492 e. The summed E-state index contributed by atoms with van der Waals surface area (Å²) in [5.74, 6) is 0.706. The van der Waals surface area contributed by atoms with E-state index in [0.717, 1.165) is 32.1 Å². The Bertz CT molecular complexity index is 679. The number of carbonyl (C=O) groups is 1. The Balaban J connectivity index is 1.74. The quantitative estimate of drug-likeness (QED) is 0.256. The first kappa shape index (κ1) is 24.0. The fourth-order valence-electron chi connectivity index (χ4n) is 3.07. The molecule has 1 aromatic rings. The fourth-order valence-corrected chi connectivity index (χ4v) is 3.07. The minimum atomic E-state index is -0.853. The molecule has 7 nitrogen and oxygen atoms in total. The van der Waals surface area contributed by atoms with Crippen LogP contribution < -0.4 is 9.47 Å². The van der Waals surface area contributed by atoms with Gasteiger partial charge < -0.3 is 23.7 Å². The second kappa shape index (κ2) is 13.8. The lowest BCUT2D eigenvalue weighted by atomic mass is 10.1. The summed E-state index contributed by atoms with van der Waals surface area (Å²) in [5, 5.41) is 9.32. The van der Waals surface area contributed by atoms with Crippen molar-refractivity contribution in [2.45, 2.75) is 77.6 Å². The Labute approximate surface area is 179 Å². The number of nitriles is 1. The van der Waals surface area contributed by atoms with E-state index < -0.39 is 12.3 Å². The molecule has 0 bridgehead atoms. The molecule has 0 atom stereocenters. The lowest BCUT2D eigenvalue weighted by Crippen LogP contribution is -2.39. The van der Waals surface area contributed by atoms with Crippen molar-refractivity contribution in [3.05, 3.63) is 23.8 Å². The highest BCUT2D eigenvalue weighted by molar-refractivity contribution is 5.65. The fraction of sp³-hybridized carbons (Fsp3) is 0.652. The molecule has 0 N–H and O–H groups in total. The summed E-state index contributed by atoms with van der Waals surface area (Å²) in [6, 6.07) is 6.74. The van der Waals surface area contributed by atoms with Crippen LogP contribution in [0.2, 0.25) is 0 Å². The molecule has 1 saturated heterocycles. The van der Waals surface area contributed by atoms with E-state index in [9.17, 15) is 10.1 Å². The van der Waals surface area contributed by atoms with Gasteiger partial charge in [-0.3, -0.25) is 0 Å². The second-order valence-electron chi connectivity index (χ2n) is 7.36. The molecule has 30 heavy (non-hydrogen) atoms. The molecule has 7 heteroatoms. The Hall–Kier alpha value is -2.30. The van der Waals surface area contributed by atoms with E-state index in [-0.39, 0.29) is 25.3 Å². The molecular formula is C23H33NO6. The van der Waals surface area contributed by atoms with Crippen LogP contribution in [0, 0.1) is 11.3 Å². The van der Waals surface area contributed by atoms with Crippen molar-refractivity contribution in [3.8, 4) is 17.6 Å². The van der Waals surface area contributed by atoms with E-state index in [4.69, 9.17) is 23.7 Å². The van der Waals surface area contributed by atoms with Crippen LogP contribution in [0.5, 0.6) is 11.5 Å². The number of rotatable bonds is 12. The summed E-state index contributed by atoms with van der Waals surface area (Å²) >= 11 is 0. The van der Waals surface area contributed by atoms with Crippen LogP contribution in [0.3, 0.4) is 0 Å². The maximum absolute atomic E-state index is 12.1. The predicted molar refractivity (Wildman–Crippen MR) is 112 cm³/mol. The topological polar surface area (TPSA) is 87.0 Å². The van der Waals surface area contributed by atoms with Gasteiger partial charge in [0.2, 0.25) is 0 Å². The number of unbranched alkanes of at least 4 members (excludes halogenated alkanes) is 5. The maximum atomic E-state index is 12.1. The van der Waals surface area contributed by atoms with Crippen LogP contribution >= 0.6 is 0 Å². The van der Waals surface area contributed by atoms with Crippen LogP contribution in [0.15, 0.2) is 18.2 Å². The van der Waals surface area contributed by atoms with Gasteiger partial charge in [-0.1, -0.05) is 46.0 Å². The van der Waals surface area contributed by atoms with Crippen LogP contribution in [0.25, 0.3) is 0 Å². The molecule has 0 radical (unpaired) electrons. The number of benzene rings is 1. The normalized spacial score (nSPS) is 18.4. The third-order valence-electron chi connectivity index (χ3n) is 4.77. The van der Waals surface area contributed by atoms with E-state index in [0.29, 0.717) is 17.9 Å². The van der Waals surface area contributed by atoms with Gasteiger partial charge in [0.15, 0.2) is 12.4 Å². The highest BCUT2D eigenvalue weighted by Gasteiger charge is 2.25. The minimum absolute atomic E-state index is 0.226. The molecule has 0 spiro atoms. The number of hydrogen-bond acceptors (Lipinski definition) is 7. The average Bonchev–Trinajstić information content (AvgIpc) is 2.76. The van der Waals surface area contributed by atoms with Gasteiger partial charge in [0.05, 0.1) is 25.4 Å². The van der Waals surface area contributed by atoms with Crippen molar-refractivity contribution in [1.82, 2.24) is 0 Å². The number of carbonyl (C=O) groups excluding carboxylic acids is 1. The molecule has 2 rings (SSSR count). The summed E-state index contributed by atoms with van der Waals surface area (Å²) in [6.45, 7) is 5.39. The van der Waals surface area contributed by atoms with Crippen molar-refractivity contribution in [2.75, 3.05) is 19.8 Å². The molecule has 0 saturated carbocycles. The van der Waals surface area contributed by atoms with Crippen LogP contribution in [-0.2, 0) is 14.2 Å². The Kier molecular flexibility index (Phi) is 11.1. The van der Waals surface area contributed by atoms with Crippen LogP contribution in [-0.4, -0.2) is 38.4 Å². The number of ether oxygens (including phenoxy) is 5. The monoisotopic (exact) mass is 419 g/mol. The molecule has 1 aliphatic heterocycles. The van der Waals surface area contributed by atoms with Gasteiger partial charge >= 0.3 is 6.16 Å². The maximum Gasteiger partial charge on any atom is 0.514 e. The zero-order chi connectivity index (χ0) is 21.6. The van der Waals surface area contributed by atoms with Gasteiger partial charge in [0.25, 0.3) is 0 Å². The summed E-state index contributed by atoms with van der Waals surface area (Å²) in [4.78, 5) is 12.1. The lowest BCUT2D eigenvalue weighted by molar-refractivity contribution is -0.220. The molecule has 0 aliphatic carbocycles. The third kappa shape index (κ3) is 8.60. The van der Waals surface area contributed by atoms with Gasteiger partial charge in [0.1, 0.15) is 17.6 Å². The highest BCUT2D eigenvalue weighted by atomic mass is 16.8. The van der Waals surface area contributed by atoms with Gasteiger partial charge in [-0.05, 0) is 31.4 Å². The van der Waals surface area contributed by atoms with E-state index in [1.807, 2.05) is 0 Å². The van der Waals surface area contributed by atoms with Crippen LogP contribution in [0.4, 0.5) is 4.79 Å². The van der Waals surface area contributed by atoms with Crippen molar-refractivity contribution in [3.63, 3.8) is 0 Å². The molecule has 0 amide bonds. The first-order valence-electron chi connectivity index (χ1n) is 10.9. The van der Waals surface area contributed by atoms with E-state index >= 15 is 0 Å². The van der Waals surface area contributed by atoms with Gasteiger partial charge in [-0.2, -0.15) is 5.26 Å². The second-order valence-corrected chi connectivity index (χ2v) is 7.36. The van der Waals surface area contributed by atoms with E-state index in [2.05, 4.69) is 19.9 Å². The average molecular weight is 420 g/mol. The molecule has 1 aromatic carbocycles. The summed E-state index contributed by atoms with van der Waals surface area (Å²) in [7, 11) is 0. The minimum Gasteiger partial charge on any atom is -0.492 e. The predicted octanol–water partition coefficient (Wildman–Crippen LogP) is 5.35. The van der Waals surface area contributed by atoms with Crippen molar-refractivity contribution in [2.24, 2.45) is 0 Å². The van der Waals surface area contributed by atoms with E-state index in [1.165, 1.54) is 25.3 Å². The van der Waals surface area contributed by atoms with Gasteiger partial charge in [0, 0.05) is 6.07 Å². The molecule has 1 heterocycles. The largest absolute Gasteiger partial charge is 0.514 e. The first-order valence-corrected chi connectivity index (χ1v) is 10.9. The van der Waals surface area contributed by atoms with Gasteiger partial charge in [-0.15, -0.1) is 0 Å². The zero-order valence-corrected chi connectivity index (χ0v) is 18.1. The molecule has 0 aromatic heterocycles. The first-order chi connectivity index (χ1) is 14.7. The third-order valence-corrected chi connectivity index (χ3v) is 4.77. The molecule has 0 unspecified atom stereocenters. The van der Waals surface area contributed by atoms with Crippen molar-refractivity contribution in [1.29, 1.82) is 5.26 Å². The van der Waals surface area contributed by atoms with Gasteiger partial charge in [-0.25, -0.2) is 4.79 Å². The Morgan fingerprint density at radius 1 is 1.10 bits per heavy atom. The molecule has 1 fully saturated rings. The van der Waals surface area contributed by atoms with E-state index in [1.54, 1.807) is 12.1 Å². The molecular weight excluding hydrogens is 386 g/mol. The summed E-state index contributed by atoms with van der Waals surface area (Å²) in [5.41, 5.74) is 0.312. The lowest BCUT2D eigenvalue weighted by Gasteiger charge is -2.28. The molecule has 1 aliphatic rings. The number of nitrogens with zero attached hydrogens (tertiary/aromatic N) is 1. The molecule has 166 valence electrons. The highest BCUT2D eigenvalue weighted by Crippen LogP contribution is 2.24. The number of hydrogen-bond donors (Lipinski definition) is 0. The van der Waals surface area contributed by atoms with Crippen molar-refractivity contribution < 1.29 is 28.5 Å². The Morgan fingerprint density at radius 2 is 1.83 bits per heavy atom. The Morgan fingerprint density at radius 3 is 2.53 bits per heavy atom. The SMILES string of the molecule is CCCCCCC1OCC(OC(=O)Oc2ccc(OCCCCC)c(C#N)c2)CO1. The standard InChI is InChI=1S/C23H33NO6/c1-3-5-7-8-10-22-27-16-20(17-28-22)30-23(25)29-19-11-12-21(18(14-19)15-24)26-13-9-6-4-2/h11-12,14,20,22H,3-10,13,16-17H2,1-2H3. The summed E-state index contributed by atoms with van der Waals surface area (Å²) < 4.78 is 27.3.